The fraction of sp³-hybridized carbons (Fsp3) is 0.750. The van der Waals surface area contributed by atoms with Crippen molar-refractivity contribution in [1.29, 1.82) is 0 Å². The molecule has 0 unspecified atom stereocenters. The number of aromatic nitrogens is 3. The summed E-state index contributed by atoms with van der Waals surface area (Å²) in [6.07, 6.45) is -0.152. The molecule has 15 heavy (non-hydrogen) atoms. The summed E-state index contributed by atoms with van der Waals surface area (Å²) in [4.78, 5) is 0. The van der Waals surface area contributed by atoms with Gasteiger partial charge in [-0.05, 0) is 6.92 Å². The van der Waals surface area contributed by atoms with E-state index in [-0.39, 0.29) is 6.61 Å². The van der Waals surface area contributed by atoms with Gasteiger partial charge >= 0.3 is 0 Å². The molecule has 0 bridgehead atoms. The van der Waals surface area contributed by atoms with Gasteiger partial charge in [0.1, 0.15) is 17.8 Å². The monoisotopic (exact) mass is 215 g/mol. The molecule has 1 fully saturated rings. The predicted molar refractivity (Wildman–Crippen MR) is 47.6 cm³/mol. The molecule has 7 heteroatoms. The Morgan fingerprint density at radius 2 is 2.27 bits per heavy atom. The van der Waals surface area contributed by atoms with Gasteiger partial charge in [0.25, 0.3) is 0 Å². The second-order valence-corrected chi connectivity index (χ2v) is 3.80. The Morgan fingerprint density at radius 1 is 1.53 bits per heavy atom. The third-order valence-electron chi connectivity index (χ3n) is 2.65. The topological polar surface area (TPSA) is 101 Å². The molecule has 1 aromatic rings. The van der Waals surface area contributed by atoms with E-state index >= 15 is 0 Å². The predicted octanol–water partition coefficient (Wildman–Crippen LogP) is -1.72. The van der Waals surface area contributed by atoms with Crippen molar-refractivity contribution < 1.29 is 20.1 Å². The first-order valence-electron chi connectivity index (χ1n) is 4.59. The normalized spacial score (nSPS) is 40.9. The van der Waals surface area contributed by atoms with Crippen LogP contribution >= 0.6 is 0 Å². The van der Waals surface area contributed by atoms with Gasteiger partial charge < -0.3 is 20.1 Å². The van der Waals surface area contributed by atoms with Crippen molar-refractivity contribution in [3.63, 3.8) is 0 Å². The first-order chi connectivity index (χ1) is 7.08. The third kappa shape index (κ3) is 1.53. The van der Waals surface area contributed by atoms with Crippen LogP contribution in [0, 0.1) is 0 Å². The van der Waals surface area contributed by atoms with Crippen molar-refractivity contribution in [3.05, 3.63) is 12.4 Å². The van der Waals surface area contributed by atoms with E-state index < -0.39 is 24.0 Å². The van der Waals surface area contributed by atoms with Crippen LogP contribution in [0.2, 0.25) is 0 Å². The first kappa shape index (κ1) is 10.5. The van der Waals surface area contributed by atoms with Crippen LogP contribution in [-0.4, -0.2) is 54.7 Å². The lowest BCUT2D eigenvalue weighted by Crippen LogP contribution is -2.43. The number of hydrogen-bond donors (Lipinski definition) is 3. The molecular formula is C8H13N3O4. The first-order valence-corrected chi connectivity index (χ1v) is 4.59. The van der Waals surface area contributed by atoms with E-state index in [9.17, 15) is 10.2 Å². The summed E-state index contributed by atoms with van der Waals surface area (Å²) >= 11 is 0. The van der Waals surface area contributed by atoms with Crippen LogP contribution in [0.1, 0.15) is 13.2 Å². The van der Waals surface area contributed by atoms with Crippen LogP contribution in [0.4, 0.5) is 0 Å². The average Bonchev–Trinajstić information content (AvgIpc) is 2.82. The number of aliphatic hydroxyl groups excluding tert-OH is 3. The van der Waals surface area contributed by atoms with Crippen molar-refractivity contribution in [3.8, 4) is 0 Å². The van der Waals surface area contributed by atoms with Crippen LogP contribution in [0.15, 0.2) is 12.4 Å². The smallest absolute Gasteiger partial charge is 0.181 e. The Kier molecular flexibility index (Phi) is 2.47. The summed E-state index contributed by atoms with van der Waals surface area (Å²) in [5.74, 6) is 0. The zero-order valence-electron chi connectivity index (χ0n) is 8.19. The number of hydrogen-bond acceptors (Lipinski definition) is 6. The molecule has 0 aromatic carbocycles. The van der Waals surface area contributed by atoms with Crippen molar-refractivity contribution in [2.24, 2.45) is 0 Å². The molecule has 2 heterocycles. The number of aliphatic hydroxyl groups is 3. The second-order valence-electron chi connectivity index (χ2n) is 3.80. The van der Waals surface area contributed by atoms with Crippen LogP contribution < -0.4 is 0 Å². The zero-order valence-corrected chi connectivity index (χ0v) is 8.19. The zero-order chi connectivity index (χ0) is 11.1. The molecule has 4 atom stereocenters. The molecule has 1 aliphatic heterocycles. The molecule has 2 rings (SSSR count). The number of nitrogens with zero attached hydrogens (tertiary/aromatic N) is 3. The Balaban J connectivity index is 2.24. The van der Waals surface area contributed by atoms with E-state index in [0.717, 1.165) is 0 Å². The fourth-order valence-electron chi connectivity index (χ4n) is 1.63. The van der Waals surface area contributed by atoms with Gasteiger partial charge in [0.15, 0.2) is 6.23 Å². The highest BCUT2D eigenvalue weighted by atomic mass is 16.6. The van der Waals surface area contributed by atoms with E-state index in [1.807, 2.05) is 0 Å². The Bertz CT molecular complexity index is 331. The van der Waals surface area contributed by atoms with Crippen molar-refractivity contribution in [2.75, 3.05) is 6.61 Å². The maximum Gasteiger partial charge on any atom is 0.181 e. The van der Waals surface area contributed by atoms with Crippen molar-refractivity contribution in [1.82, 2.24) is 15.0 Å². The standard InChI is InChI=1S/C8H13N3O4/c1-8(4-12)6(14)5(13)7(15-8)11-3-2-9-10-11/h2-3,5-7,12-14H,4H2,1H3/t5-,6+,7-,8-/m1/s1. The van der Waals surface area contributed by atoms with Crippen LogP contribution in [0.5, 0.6) is 0 Å². The summed E-state index contributed by atoms with van der Waals surface area (Å²) < 4.78 is 6.68. The van der Waals surface area contributed by atoms with E-state index in [1.54, 1.807) is 0 Å². The molecule has 0 saturated carbocycles. The van der Waals surface area contributed by atoms with Gasteiger partial charge in [-0.2, -0.15) is 0 Å². The molecule has 0 radical (unpaired) electrons. The van der Waals surface area contributed by atoms with Crippen molar-refractivity contribution >= 4 is 0 Å². The Labute approximate surface area is 85.9 Å². The lowest BCUT2D eigenvalue weighted by atomic mass is 9.99. The van der Waals surface area contributed by atoms with Gasteiger partial charge in [0.05, 0.1) is 12.8 Å². The maximum absolute atomic E-state index is 9.72. The molecule has 0 spiro atoms. The van der Waals surface area contributed by atoms with E-state index in [1.165, 1.54) is 24.0 Å². The summed E-state index contributed by atoms with van der Waals surface area (Å²) in [5.41, 5.74) is -1.17. The summed E-state index contributed by atoms with van der Waals surface area (Å²) in [6.45, 7) is 1.15. The van der Waals surface area contributed by atoms with Gasteiger partial charge in [-0.1, -0.05) is 5.21 Å². The Hall–Kier alpha value is -1.02. The molecular weight excluding hydrogens is 202 g/mol. The molecule has 1 saturated heterocycles. The molecule has 0 aliphatic carbocycles. The molecule has 0 amide bonds. The minimum absolute atomic E-state index is 0.379. The lowest BCUT2D eigenvalue weighted by Gasteiger charge is -2.24. The summed E-state index contributed by atoms with van der Waals surface area (Å²) in [5, 5.41) is 35.7. The van der Waals surface area contributed by atoms with Gasteiger partial charge in [-0.25, -0.2) is 4.68 Å². The molecule has 1 aliphatic rings. The van der Waals surface area contributed by atoms with Gasteiger partial charge in [-0.15, -0.1) is 5.10 Å². The lowest BCUT2D eigenvalue weighted by molar-refractivity contribution is -0.120. The highest BCUT2D eigenvalue weighted by Gasteiger charge is 2.51. The van der Waals surface area contributed by atoms with E-state index in [4.69, 9.17) is 9.84 Å². The maximum atomic E-state index is 9.72. The van der Waals surface area contributed by atoms with Crippen molar-refractivity contribution in [2.45, 2.75) is 31.0 Å². The molecule has 84 valence electrons. The average molecular weight is 215 g/mol. The largest absolute Gasteiger partial charge is 0.393 e. The van der Waals surface area contributed by atoms with E-state index in [2.05, 4.69) is 10.3 Å². The Morgan fingerprint density at radius 3 is 2.73 bits per heavy atom. The summed E-state index contributed by atoms with van der Waals surface area (Å²) in [6, 6.07) is 0. The quantitative estimate of drug-likeness (QED) is 0.542. The highest BCUT2D eigenvalue weighted by molar-refractivity contribution is 4.97. The van der Waals surface area contributed by atoms with Crippen LogP contribution in [0.25, 0.3) is 0 Å². The van der Waals surface area contributed by atoms with Crippen LogP contribution in [0.3, 0.4) is 0 Å². The minimum atomic E-state index is -1.17. The van der Waals surface area contributed by atoms with E-state index in [0.29, 0.717) is 0 Å². The molecule has 3 N–H and O–H groups in total. The molecule has 1 aromatic heterocycles. The molecule has 7 nitrogen and oxygen atoms in total. The van der Waals surface area contributed by atoms with Gasteiger partial charge in [0, 0.05) is 6.20 Å². The second kappa shape index (κ2) is 3.53. The highest BCUT2D eigenvalue weighted by Crippen LogP contribution is 2.35. The SMILES string of the molecule is C[C@]1(CO)O[C@@H](n2ccnn2)[C@H](O)[C@@H]1O. The fourth-order valence-corrected chi connectivity index (χ4v) is 1.63. The number of rotatable bonds is 2. The third-order valence-corrected chi connectivity index (χ3v) is 2.65. The van der Waals surface area contributed by atoms with Crippen LogP contribution in [-0.2, 0) is 4.74 Å². The number of ether oxygens (including phenoxy) is 1. The minimum Gasteiger partial charge on any atom is -0.393 e. The van der Waals surface area contributed by atoms with Gasteiger partial charge in [0.2, 0.25) is 0 Å². The summed E-state index contributed by atoms with van der Waals surface area (Å²) in [7, 11) is 0. The van der Waals surface area contributed by atoms with Gasteiger partial charge in [-0.3, -0.25) is 0 Å².